The molecule has 2 atom stereocenters. The molecule has 1 aromatic rings. The first-order chi connectivity index (χ1) is 13.0. The normalized spacial score (nSPS) is 27.8. The predicted molar refractivity (Wildman–Crippen MR) is 105 cm³/mol. The lowest BCUT2D eigenvalue weighted by atomic mass is 9.79. The molecule has 2 fully saturated rings. The minimum Gasteiger partial charge on any atom is -0.378 e. The Bertz CT molecular complexity index is 602. The lowest BCUT2D eigenvalue weighted by Gasteiger charge is -2.49. The van der Waals surface area contributed by atoms with Gasteiger partial charge in [-0.3, -0.25) is 19.6 Å². The second-order valence-electron chi connectivity index (χ2n) is 7.96. The van der Waals surface area contributed by atoms with Crippen molar-refractivity contribution in [2.75, 3.05) is 45.9 Å². The molecule has 6 heteroatoms. The molecule has 27 heavy (non-hydrogen) atoms. The van der Waals surface area contributed by atoms with Gasteiger partial charge in [-0.05, 0) is 45.7 Å². The van der Waals surface area contributed by atoms with Crippen molar-refractivity contribution in [3.05, 3.63) is 30.1 Å². The number of hydrogen-bond acceptors (Lipinski definition) is 6. The van der Waals surface area contributed by atoms with E-state index < -0.39 is 5.54 Å². The summed E-state index contributed by atoms with van der Waals surface area (Å²) in [5.41, 5.74) is 0.0753. The monoisotopic (exact) mass is 375 g/mol. The van der Waals surface area contributed by atoms with Gasteiger partial charge in [0.05, 0.1) is 24.4 Å². The third kappa shape index (κ3) is 4.93. The Morgan fingerprint density at radius 2 is 2.11 bits per heavy atom. The lowest BCUT2D eigenvalue weighted by molar-refractivity contribution is -0.0658. The molecule has 3 heterocycles. The summed E-state index contributed by atoms with van der Waals surface area (Å²) in [7, 11) is 0. The molecule has 1 aromatic heterocycles. The molecule has 0 unspecified atom stereocenters. The number of carbonyl (C=O) groups is 1. The molecule has 0 saturated carbocycles. The van der Waals surface area contributed by atoms with Crippen LogP contribution in [0.4, 0.5) is 0 Å². The molecule has 0 bridgehead atoms. The first-order valence-electron chi connectivity index (χ1n) is 10.2. The van der Waals surface area contributed by atoms with Gasteiger partial charge in [0.25, 0.3) is 0 Å². The highest BCUT2D eigenvalue weighted by molar-refractivity contribution is 6.01. The van der Waals surface area contributed by atoms with Crippen molar-refractivity contribution in [3.63, 3.8) is 0 Å². The number of carbonyl (C=O) groups excluding carboxylic acids is 1. The summed E-state index contributed by atoms with van der Waals surface area (Å²) in [6.07, 6.45) is 3.54. The van der Waals surface area contributed by atoms with Crippen LogP contribution in [0.15, 0.2) is 24.4 Å². The molecular formula is C21H33N3O3. The smallest absolute Gasteiger partial charge is 0.201 e. The Morgan fingerprint density at radius 3 is 2.74 bits per heavy atom. The van der Waals surface area contributed by atoms with Gasteiger partial charge in [-0.2, -0.15) is 0 Å². The summed E-state index contributed by atoms with van der Waals surface area (Å²) in [6, 6.07) is 5.58. The molecule has 2 saturated heterocycles. The van der Waals surface area contributed by atoms with E-state index in [1.165, 1.54) is 0 Å². The maximum atomic E-state index is 13.5. The van der Waals surface area contributed by atoms with E-state index in [1.54, 1.807) is 6.20 Å². The predicted octanol–water partition coefficient (Wildman–Crippen LogP) is 2.24. The maximum absolute atomic E-state index is 13.5. The van der Waals surface area contributed by atoms with E-state index in [4.69, 9.17) is 9.47 Å². The van der Waals surface area contributed by atoms with Gasteiger partial charge in [0.15, 0.2) is 0 Å². The third-order valence-electron chi connectivity index (χ3n) is 5.70. The molecule has 0 aromatic carbocycles. The minimum absolute atomic E-state index is 0.0869. The zero-order chi connectivity index (χ0) is 19.3. The van der Waals surface area contributed by atoms with Crippen molar-refractivity contribution < 1.29 is 14.3 Å². The van der Waals surface area contributed by atoms with Gasteiger partial charge in [-0.1, -0.05) is 6.07 Å². The van der Waals surface area contributed by atoms with Gasteiger partial charge in [0.1, 0.15) is 5.69 Å². The number of pyridine rings is 1. The number of ether oxygens (including phenoxy) is 2. The third-order valence-corrected chi connectivity index (χ3v) is 5.70. The summed E-state index contributed by atoms with van der Waals surface area (Å²) in [5.74, 6) is 0.148. The molecule has 0 N–H and O–H groups in total. The summed E-state index contributed by atoms with van der Waals surface area (Å²) in [4.78, 5) is 22.7. The second kappa shape index (κ2) is 9.24. The number of piperazine rings is 1. The van der Waals surface area contributed by atoms with E-state index in [9.17, 15) is 4.79 Å². The lowest BCUT2D eigenvalue weighted by Crippen LogP contribution is -2.63. The van der Waals surface area contributed by atoms with E-state index in [0.717, 1.165) is 52.2 Å². The van der Waals surface area contributed by atoms with Gasteiger partial charge in [-0.25, -0.2) is 0 Å². The molecule has 0 amide bonds. The van der Waals surface area contributed by atoms with Crippen molar-refractivity contribution in [2.45, 2.75) is 51.4 Å². The van der Waals surface area contributed by atoms with E-state index >= 15 is 0 Å². The number of nitrogens with zero attached hydrogens (tertiary/aromatic N) is 3. The average molecular weight is 376 g/mol. The molecule has 6 nitrogen and oxygen atoms in total. The van der Waals surface area contributed by atoms with Crippen LogP contribution < -0.4 is 0 Å². The maximum Gasteiger partial charge on any atom is 0.201 e. The highest BCUT2D eigenvalue weighted by atomic mass is 16.5. The van der Waals surface area contributed by atoms with Crippen LogP contribution >= 0.6 is 0 Å². The van der Waals surface area contributed by atoms with Crippen LogP contribution in [-0.2, 0) is 9.47 Å². The van der Waals surface area contributed by atoms with Crippen LogP contribution in [0.5, 0.6) is 0 Å². The van der Waals surface area contributed by atoms with E-state index in [-0.39, 0.29) is 18.0 Å². The fraction of sp³-hybridized carbons (Fsp3) is 0.714. The van der Waals surface area contributed by atoms with Gasteiger partial charge in [0.2, 0.25) is 5.78 Å². The average Bonchev–Trinajstić information content (AvgIpc) is 2.68. The first kappa shape index (κ1) is 20.4. The molecule has 0 radical (unpaired) electrons. The number of hydrogen-bond donors (Lipinski definition) is 0. The SMILES string of the molecule is CC(C)OCCN1CCN([C@@]2(C(=O)c3ccccn3)CCO[C@@H](C)C2)CC1. The van der Waals surface area contributed by atoms with Crippen LogP contribution in [0.1, 0.15) is 44.1 Å². The topological polar surface area (TPSA) is 54.9 Å². The Morgan fingerprint density at radius 1 is 1.33 bits per heavy atom. The Kier molecular flexibility index (Phi) is 6.98. The van der Waals surface area contributed by atoms with Crippen LogP contribution in [0.25, 0.3) is 0 Å². The molecular weight excluding hydrogens is 342 g/mol. The number of Topliss-reactive ketones (excluding diaryl/α,β-unsaturated/α-hetero) is 1. The van der Waals surface area contributed by atoms with Gasteiger partial charge in [0, 0.05) is 45.5 Å². The van der Waals surface area contributed by atoms with Crippen molar-refractivity contribution in [2.24, 2.45) is 0 Å². The number of aromatic nitrogens is 1. The molecule has 3 rings (SSSR count). The van der Waals surface area contributed by atoms with E-state index in [1.807, 2.05) is 18.2 Å². The Balaban J connectivity index is 1.69. The summed E-state index contributed by atoms with van der Waals surface area (Å²) >= 11 is 0. The summed E-state index contributed by atoms with van der Waals surface area (Å²) < 4.78 is 11.5. The Hall–Kier alpha value is -1.34. The number of rotatable bonds is 7. The first-order valence-corrected chi connectivity index (χ1v) is 10.2. The van der Waals surface area contributed by atoms with Crippen molar-refractivity contribution in [1.82, 2.24) is 14.8 Å². The van der Waals surface area contributed by atoms with Crippen molar-refractivity contribution >= 4 is 5.78 Å². The summed E-state index contributed by atoms with van der Waals surface area (Å²) in [5, 5.41) is 0. The zero-order valence-electron chi connectivity index (χ0n) is 16.9. The molecule has 0 spiro atoms. The van der Waals surface area contributed by atoms with Crippen LogP contribution in [-0.4, -0.2) is 84.3 Å². The molecule has 2 aliphatic rings. The molecule has 2 aliphatic heterocycles. The quantitative estimate of drug-likeness (QED) is 0.682. The van der Waals surface area contributed by atoms with Crippen molar-refractivity contribution in [3.8, 4) is 0 Å². The van der Waals surface area contributed by atoms with Gasteiger partial charge < -0.3 is 9.47 Å². The van der Waals surface area contributed by atoms with Crippen LogP contribution in [0.2, 0.25) is 0 Å². The van der Waals surface area contributed by atoms with E-state index in [0.29, 0.717) is 12.3 Å². The fourth-order valence-electron chi connectivity index (χ4n) is 4.26. The van der Waals surface area contributed by atoms with Crippen molar-refractivity contribution in [1.29, 1.82) is 0 Å². The second-order valence-corrected chi connectivity index (χ2v) is 7.96. The minimum atomic E-state index is -0.494. The molecule has 150 valence electrons. The van der Waals surface area contributed by atoms with Crippen LogP contribution in [0, 0.1) is 0 Å². The fourth-order valence-corrected chi connectivity index (χ4v) is 4.26. The van der Waals surface area contributed by atoms with Gasteiger partial charge >= 0.3 is 0 Å². The highest BCUT2D eigenvalue weighted by Gasteiger charge is 2.48. The largest absolute Gasteiger partial charge is 0.378 e. The Labute approximate surface area is 162 Å². The highest BCUT2D eigenvalue weighted by Crippen LogP contribution is 2.34. The standard InChI is InChI=1S/C21H33N3O3/c1-17(2)26-15-13-23-9-11-24(12-10-23)21(7-14-27-18(3)16-21)20(25)19-6-4-5-8-22-19/h4-6,8,17-18H,7,9-16H2,1-3H3/t18-,21-/m0/s1. The molecule has 0 aliphatic carbocycles. The zero-order valence-corrected chi connectivity index (χ0v) is 16.9. The van der Waals surface area contributed by atoms with E-state index in [2.05, 4.69) is 35.6 Å². The number of ketones is 1. The van der Waals surface area contributed by atoms with Gasteiger partial charge in [-0.15, -0.1) is 0 Å². The summed E-state index contributed by atoms with van der Waals surface area (Å²) in [6.45, 7) is 12.3. The van der Waals surface area contributed by atoms with Crippen LogP contribution in [0.3, 0.4) is 0 Å².